The van der Waals surface area contributed by atoms with Gasteiger partial charge in [0.25, 0.3) is 0 Å². The van der Waals surface area contributed by atoms with Gasteiger partial charge in [-0.2, -0.15) is 9.98 Å². The van der Waals surface area contributed by atoms with Crippen molar-refractivity contribution >= 4 is 16.0 Å². The molecule has 0 amide bonds. The van der Waals surface area contributed by atoms with Gasteiger partial charge in [0.15, 0.2) is 5.25 Å². The number of nitrogens with one attached hydrogen (secondary N) is 1. The van der Waals surface area contributed by atoms with Crippen LogP contribution >= 0.6 is 0 Å². The van der Waals surface area contributed by atoms with Crippen LogP contribution in [0.25, 0.3) is 0 Å². The van der Waals surface area contributed by atoms with E-state index in [1.54, 1.807) is 26.8 Å². The van der Waals surface area contributed by atoms with Gasteiger partial charge in [-0.1, -0.05) is 27.2 Å². The number of nitriles is 1. The highest BCUT2D eigenvalue weighted by Gasteiger charge is 2.32. The zero-order valence-corrected chi connectivity index (χ0v) is 11.0. The van der Waals surface area contributed by atoms with Crippen LogP contribution in [-0.4, -0.2) is 30.8 Å². The summed E-state index contributed by atoms with van der Waals surface area (Å²) in [6.07, 6.45) is 0.654. The van der Waals surface area contributed by atoms with Crippen LogP contribution in [0, 0.1) is 17.2 Å². The molecule has 0 aromatic carbocycles. The molecule has 0 rings (SSSR count). The van der Waals surface area contributed by atoms with E-state index in [0.29, 0.717) is 6.42 Å². The Labute approximate surface area is 102 Å². The zero-order chi connectivity index (χ0) is 13.6. The second-order valence-electron chi connectivity index (χ2n) is 3.89. The lowest BCUT2D eigenvalue weighted by molar-refractivity contribution is -0.140. The van der Waals surface area contributed by atoms with E-state index in [1.807, 2.05) is 0 Å². The number of aliphatic carboxylic acids is 1. The van der Waals surface area contributed by atoms with Gasteiger partial charge in [0, 0.05) is 0 Å². The molecule has 0 bridgehead atoms. The Bertz CT molecular complexity index is 399. The molecule has 6 nitrogen and oxygen atoms in total. The fourth-order valence-electron chi connectivity index (χ4n) is 1.28. The average Bonchev–Trinajstić information content (AvgIpc) is 2.25. The minimum absolute atomic E-state index is 0.124. The van der Waals surface area contributed by atoms with E-state index in [9.17, 15) is 13.2 Å². The summed E-state index contributed by atoms with van der Waals surface area (Å²) >= 11 is 0. The molecule has 0 radical (unpaired) electrons. The Hall–Kier alpha value is -1.13. The summed E-state index contributed by atoms with van der Waals surface area (Å²) in [6, 6.07) is 0.462. The summed E-state index contributed by atoms with van der Waals surface area (Å²) in [5.74, 6) is -1.56. The van der Waals surface area contributed by atoms with Crippen LogP contribution in [0.5, 0.6) is 0 Å². The van der Waals surface area contributed by atoms with Crippen molar-refractivity contribution in [2.75, 3.05) is 0 Å². The summed E-state index contributed by atoms with van der Waals surface area (Å²) in [5.41, 5.74) is 0. The van der Waals surface area contributed by atoms with Crippen LogP contribution in [-0.2, 0) is 14.8 Å². The van der Waals surface area contributed by atoms with Crippen LogP contribution in [0.1, 0.15) is 33.6 Å². The Morgan fingerprint density at radius 3 is 2.24 bits per heavy atom. The number of carboxylic acids is 1. The van der Waals surface area contributed by atoms with Crippen molar-refractivity contribution in [3.63, 3.8) is 0 Å². The molecule has 98 valence electrons. The number of carboxylic acid groups (broad SMARTS) is 1. The molecule has 0 aliphatic heterocycles. The third-order valence-corrected chi connectivity index (χ3v) is 4.43. The first kappa shape index (κ1) is 15.9. The number of rotatable bonds is 7. The van der Waals surface area contributed by atoms with E-state index < -0.39 is 27.3 Å². The summed E-state index contributed by atoms with van der Waals surface area (Å²) < 4.78 is 25.6. The third kappa shape index (κ3) is 4.32. The molecule has 0 aromatic rings. The van der Waals surface area contributed by atoms with Crippen molar-refractivity contribution in [3.8, 4) is 6.07 Å². The molecule has 7 heteroatoms. The molecule has 1 unspecified atom stereocenters. The normalized spacial score (nSPS) is 16.8. The molecule has 2 N–H and O–H groups in total. The predicted octanol–water partition coefficient (Wildman–Crippen LogP) is 0.707. The molecular weight excluding hydrogens is 244 g/mol. The number of hydrogen-bond donors (Lipinski definition) is 2. The first-order valence-corrected chi connectivity index (χ1v) is 6.98. The van der Waals surface area contributed by atoms with Crippen LogP contribution < -0.4 is 4.72 Å². The maximum atomic E-state index is 11.7. The molecular formula is C10H18N2O4S. The standard InChI is InChI=1S/C10H18N2O4S/c1-4-7(3)9(10(13)14)12-17(15,16)8(5-2)6-11/h7-9,12H,4-5H2,1-3H3,(H,13,14)/t7-,8?,9-/m0/s1. The lowest BCUT2D eigenvalue weighted by atomic mass is 10.0. The molecule has 0 fully saturated rings. The van der Waals surface area contributed by atoms with Crippen molar-refractivity contribution < 1.29 is 18.3 Å². The Kier molecular flexibility index (Phi) is 6.13. The SMILES string of the molecule is CCC(C#N)S(=O)(=O)N[C@H](C(=O)O)[C@@H](C)CC. The number of carbonyl (C=O) groups is 1. The van der Waals surface area contributed by atoms with Gasteiger partial charge < -0.3 is 5.11 Å². The summed E-state index contributed by atoms with van der Waals surface area (Å²) in [4.78, 5) is 11.0. The molecule has 0 heterocycles. The van der Waals surface area contributed by atoms with Gasteiger partial charge in [-0.15, -0.1) is 0 Å². The van der Waals surface area contributed by atoms with Crippen molar-refractivity contribution in [1.82, 2.24) is 4.72 Å². The van der Waals surface area contributed by atoms with Gasteiger partial charge >= 0.3 is 5.97 Å². The molecule has 17 heavy (non-hydrogen) atoms. The highest BCUT2D eigenvalue weighted by atomic mass is 32.2. The van der Waals surface area contributed by atoms with E-state index in [-0.39, 0.29) is 12.3 Å². The average molecular weight is 262 g/mol. The van der Waals surface area contributed by atoms with Crippen molar-refractivity contribution in [2.45, 2.75) is 44.9 Å². The second-order valence-corrected chi connectivity index (χ2v) is 5.79. The number of hydrogen-bond acceptors (Lipinski definition) is 4. The Morgan fingerprint density at radius 2 is 1.94 bits per heavy atom. The van der Waals surface area contributed by atoms with E-state index in [1.165, 1.54) is 0 Å². The summed E-state index contributed by atoms with van der Waals surface area (Å²) in [7, 11) is -3.91. The van der Waals surface area contributed by atoms with Crippen molar-refractivity contribution in [1.29, 1.82) is 5.26 Å². The van der Waals surface area contributed by atoms with Gasteiger partial charge in [-0.05, 0) is 12.3 Å². The summed E-state index contributed by atoms with van der Waals surface area (Å²) in [5, 5.41) is 16.4. The smallest absolute Gasteiger partial charge is 0.322 e. The van der Waals surface area contributed by atoms with Crippen LogP contribution in [0.15, 0.2) is 0 Å². The van der Waals surface area contributed by atoms with E-state index >= 15 is 0 Å². The van der Waals surface area contributed by atoms with Gasteiger partial charge in [0.1, 0.15) is 6.04 Å². The van der Waals surface area contributed by atoms with Gasteiger partial charge in [-0.25, -0.2) is 8.42 Å². The van der Waals surface area contributed by atoms with Crippen molar-refractivity contribution in [3.05, 3.63) is 0 Å². The Balaban J connectivity index is 5.02. The first-order chi connectivity index (χ1) is 7.80. The monoisotopic (exact) mass is 262 g/mol. The minimum atomic E-state index is -3.91. The van der Waals surface area contributed by atoms with Crippen LogP contribution in [0.4, 0.5) is 0 Å². The van der Waals surface area contributed by atoms with Gasteiger partial charge in [0.2, 0.25) is 10.0 Å². The number of nitrogens with zero attached hydrogens (tertiary/aromatic N) is 1. The van der Waals surface area contributed by atoms with Gasteiger partial charge in [0.05, 0.1) is 6.07 Å². The fraction of sp³-hybridized carbons (Fsp3) is 0.800. The second kappa shape index (κ2) is 6.57. The number of sulfonamides is 1. The van der Waals surface area contributed by atoms with Crippen LogP contribution in [0.3, 0.4) is 0 Å². The molecule has 0 spiro atoms. The third-order valence-electron chi connectivity index (χ3n) is 2.66. The maximum absolute atomic E-state index is 11.7. The predicted molar refractivity (Wildman–Crippen MR) is 62.6 cm³/mol. The van der Waals surface area contributed by atoms with Crippen molar-refractivity contribution in [2.24, 2.45) is 5.92 Å². The van der Waals surface area contributed by atoms with E-state index in [4.69, 9.17) is 10.4 Å². The van der Waals surface area contributed by atoms with Crippen LogP contribution in [0.2, 0.25) is 0 Å². The zero-order valence-electron chi connectivity index (χ0n) is 10.2. The molecule has 0 aliphatic rings. The topological polar surface area (TPSA) is 107 Å². The highest BCUT2D eigenvalue weighted by Crippen LogP contribution is 2.12. The Morgan fingerprint density at radius 1 is 1.41 bits per heavy atom. The summed E-state index contributed by atoms with van der Waals surface area (Å²) in [6.45, 7) is 4.98. The van der Waals surface area contributed by atoms with E-state index in [0.717, 1.165) is 0 Å². The lowest BCUT2D eigenvalue weighted by Gasteiger charge is -2.21. The quantitative estimate of drug-likeness (QED) is 0.702. The fourth-order valence-corrected chi connectivity index (χ4v) is 2.71. The largest absolute Gasteiger partial charge is 0.480 e. The molecule has 0 saturated heterocycles. The van der Waals surface area contributed by atoms with Gasteiger partial charge in [-0.3, -0.25) is 4.79 Å². The molecule has 0 aliphatic carbocycles. The molecule has 3 atom stereocenters. The molecule has 0 aromatic heterocycles. The highest BCUT2D eigenvalue weighted by molar-refractivity contribution is 7.90. The first-order valence-electron chi connectivity index (χ1n) is 5.43. The minimum Gasteiger partial charge on any atom is -0.480 e. The lowest BCUT2D eigenvalue weighted by Crippen LogP contribution is -2.47. The maximum Gasteiger partial charge on any atom is 0.322 e. The van der Waals surface area contributed by atoms with E-state index in [2.05, 4.69) is 4.72 Å². The molecule has 0 saturated carbocycles.